The third-order valence-corrected chi connectivity index (χ3v) is 2.01. The summed E-state index contributed by atoms with van der Waals surface area (Å²) in [4.78, 5) is 10.6. The van der Waals surface area contributed by atoms with Crippen molar-refractivity contribution in [3.05, 3.63) is 0 Å². The van der Waals surface area contributed by atoms with E-state index in [9.17, 15) is 4.79 Å². The van der Waals surface area contributed by atoms with Crippen molar-refractivity contribution in [2.75, 3.05) is 5.75 Å². The second-order valence-electron chi connectivity index (χ2n) is 2.69. The lowest BCUT2D eigenvalue weighted by atomic mass is 9.99. The Kier molecular flexibility index (Phi) is 6.42. The van der Waals surface area contributed by atoms with E-state index in [1.165, 1.54) is 0 Å². The van der Waals surface area contributed by atoms with Crippen molar-refractivity contribution in [1.82, 2.24) is 0 Å². The Morgan fingerprint density at radius 1 is 1.55 bits per heavy atom. The molecule has 0 aromatic carbocycles. The molecule has 0 radical (unpaired) electrons. The van der Waals surface area contributed by atoms with E-state index in [2.05, 4.69) is 12.6 Å². The summed E-state index contributed by atoms with van der Waals surface area (Å²) in [6.45, 7) is 2.01. The van der Waals surface area contributed by atoms with Gasteiger partial charge in [0.05, 0.1) is 5.92 Å². The van der Waals surface area contributed by atoms with Crippen molar-refractivity contribution >= 4 is 18.6 Å². The molecule has 0 amide bonds. The fourth-order valence-electron chi connectivity index (χ4n) is 1.08. The topological polar surface area (TPSA) is 37.3 Å². The van der Waals surface area contributed by atoms with Crippen molar-refractivity contribution in [2.24, 2.45) is 5.92 Å². The van der Waals surface area contributed by atoms with E-state index in [1.807, 2.05) is 6.92 Å². The molecule has 0 bridgehead atoms. The van der Waals surface area contributed by atoms with Crippen molar-refractivity contribution in [3.63, 3.8) is 0 Å². The molecule has 0 aliphatic rings. The molecule has 0 aromatic heterocycles. The maximum Gasteiger partial charge on any atom is 0.306 e. The summed E-state index contributed by atoms with van der Waals surface area (Å²) in [6, 6.07) is 0. The number of rotatable bonds is 6. The third kappa shape index (κ3) is 5.13. The van der Waals surface area contributed by atoms with Crippen LogP contribution in [0.3, 0.4) is 0 Å². The van der Waals surface area contributed by atoms with Gasteiger partial charge in [0.25, 0.3) is 0 Å². The summed E-state index contributed by atoms with van der Waals surface area (Å²) in [7, 11) is 0. The fraction of sp³-hybridized carbons (Fsp3) is 0.875. The molecular formula is C8H16O2S. The average Bonchev–Trinajstić information content (AvgIpc) is 1.97. The number of carboxylic acids is 1. The van der Waals surface area contributed by atoms with Crippen LogP contribution in [-0.2, 0) is 4.79 Å². The zero-order chi connectivity index (χ0) is 8.69. The molecule has 0 aromatic rings. The summed E-state index contributed by atoms with van der Waals surface area (Å²) >= 11 is 4.04. The van der Waals surface area contributed by atoms with E-state index in [-0.39, 0.29) is 5.92 Å². The fourth-order valence-corrected chi connectivity index (χ4v) is 1.26. The second kappa shape index (κ2) is 6.53. The summed E-state index contributed by atoms with van der Waals surface area (Å²) < 4.78 is 0. The van der Waals surface area contributed by atoms with Gasteiger partial charge in [0, 0.05) is 0 Å². The van der Waals surface area contributed by atoms with E-state index >= 15 is 0 Å². The largest absolute Gasteiger partial charge is 0.481 e. The summed E-state index contributed by atoms with van der Waals surface area (Å²) in [5, 5.41) is 8.71. The monoisotopic (exact) mass is 176 g/mol. The molecule has 0 saturated carbocycles. The van der Waals surface area contributed by atoms with Crippen molar-refractivity contribution in [2.45, 2.75) is 32.6 Å². The molecule has 0 fully saturated rings. The van der Waals surface area contributed by atoms with Crippen LogP contribution in [0.2, 0.25) is 0 Å². The molecule has 2 nitrogen and oxygen atoms in total. The molecule has 66 valence electrons. The smallest absolute Gasteiger partial charge is 0.306 e. The van der Waals surface area contributed by atoms with E-state index in [0.29, 0.717) is 0 Å². The number of hydrogen-bond acceptors (Lipinski definition) is 2. The predicted molar refractivity (Wildman–Crippen MR) is 49.1 cm³/mol. The zero-order valence-electron chi connectivity index (χ0n) is 6.92. The molecule has 11 heavy (non-hydrogen) atoms. The van der Waals surface area contributed by atoms with Crippen LogP contribution in [0.5, 0.6) is 0 Å². The van der Waals surface area contributed by atoms with Crippen LogP contribution in [0, 0.1) is 5.92 Å². The molecule has 0 rings (SSSR count). The van der Waals surface area contributed by atoms with Crippen molar-refractivity contribution in [1.29, 1.82) is 0 Å². The average molecular weight is 176 g/mol. The van der Waals surface area contributed by atoms with Gasteiger partial charge < -0.3 is 5.11 Å². The Hall–Kier alpha value is -0.180. The molecule has 3 heteroatoms. The Labute approximate surface area is 73.4 Å². The standard InChI is InChI=1S/C8H16O2S/c1-2-4-7(8(9)10)5-3-6-11/h7,11H,2-6H2,1H3,(H,9,10). The first-order valence-electron chi connectivity index (χ1n) is 4.06. The minimum Gasteiger partial charge on any atom is -0.481 e. The van der Waals surface area contributed by atoms with Crippen LogP contribution in [0.25, 0.3) is 0 Å². The number of carbonyl (C=O) groups is 1. The molecule has 0 heterocycles. The van der Waals surface area contributed by atoms with Gasteiger partial charge in [-0.2, -0.15) is 12.6 Å². The SMILES string of the molecule is CCCC(CCCS)C(=O)O. The summed E-state index contributed by atoms with van der Waals surface area (Å²) in [6.07, 6.45) is 3.42. The molecule has 0 aliphatic heterocycles. The Bertz CT molecular complexity index is 115. The number of thiol groups is 1. The highest BCUT2D eigenvalue weighted by Gasteiger charge is 2.14. The van der Waals surface area contributed by atoms with Crippen molar-refractivity contribution in [3.8, 4) is 0 Å². The van der Waals surface area contributed by atoms with Gasteiger partial charge in [-0.05, 0) is 25.0 Å². The maximum atomic E-state index is 10.6. The van der Waals surface area contributed by atoms with Gasteiger partial charge in [0.2, 0.25) is 0 Å². The maximum absolute atomic E-state index is 10.6. The van der Waals surface area contributed by atoms with Gasteiger partial charge >= 0.3 is 5.97 Å². The van der Waals surface area contributed by atoms with Gasteiger partial charge in [-0.3, -0.25) is 4.79 Å². The van der Waals surface area contributed by atoms with Gasteiger partial charge in [-0.1, -0.05) is 13.3 Å². The highest BCUT2D eigenvalue weighted by Crippen LogP contribution is 2.13. The van der Waals surface area contributed by atoms with Crippen LogP contribution in [0.1, 0.15) is 32.6 Å². The quantitative estimate of drug-likeness (QED) is 0.609. The Morgan fingerprint density at radius 3 is 2.55 bits per heavy atom. The third-order valence-electron chi connectivity index (χ3n) is 1.70. The van der Waals surface area contributed by atoms with Crippen LogP contribution in [-0.4, -0.2) is 16.8 Å². The normalized spacial score (nSPS) is 12.9. The van der Waals surface area contributed by atoms with E-state index in [4.69, 9.17) is 5.11 Å². The first kappa shape index (κ1) is 10.8. The molecule has 1 atom stereocenters. The van der Waals surface area contributed by atoms with Crippen LogP contribution in [0.4, 0.5) is 0 Å². The van der Waals surface area contributed by atoms with Gasteiger partial charge in [-0.15, -0.1) is 0 Å². The van der Waals surface area contributed by atoms with E-state index < -0.39 is 5.97 Å². The van der Waals surface area contributed by atoms with Crippen LogP contribution in [0.15, 0.2) is 0 Å². The lowest BCUT2D eigenvalue weighted by Crippen LogP contribution is -2.13. The van der Waals surface area contributed by atoms with Crippen molar-refractivity contribution < 1.29 is 9.90 Å². The molecule has 0 saturated heterocycles. The molecule has 0 spiro atoms. The molecule has 1 N–H and O–H groups in total. The number of aliphatic carboxylic acids is 1. The number of hydrogen-bond donors (Lipinski definition) is 2. The number of carboxylic acid groups (broad SMARTS) is 1. The minimum atomic E-state index is -0.659. The summed E-state index contributed by atoms with van der Waals surface area (Å²) in [5.41, 5.74) is 0. The van der Waals surface area contributed by atoms with E-state index in [0.717, 1.165) is 31.4 Å². The molecular weight excluding hydrogens is 160 g/mol. The predicted octanol–water partition coefficient (Wildman–Crippen LogP) is 2.20. The van der Waals surface area contributed by atoms with Crippen LogP contribution >= 0.6 is 12.6 Å². The van der Waals surface area contributed by atoms with Gasteiger partial charge in [0.15, 0.2) is 0 Å². The molecule has 1 unspecified atom stereocenters. The Balaban J connectivity index is 3.60. The highest BCUT2D eigenvalue weighted by molar-refractivity contribution is 7.80. The second-order valence-corrected chi connectivity index (χ2v) is 3.14. The van der Waals surface area contributed by atoms with Crippen LogP contribution < -0.4 is 0 Å². The minimum absolute atomic E-state index is 0.146. The molecule has 0 aliphatic carbocycles. The zero-order valence-corrected chi connectivity index (χ0v) is 7.81. The lowest BCUT2D eigenvalue weighted by molar-refractivity contribution is -0.142. The first-order chi connectivity index (χ1) is 5.22. The highest BCUT2D eigenvalue weighted by atomic mass is 32.1. The van der Waals surface area contributed by atoms with E-state index in [1.54, 1.807) is 0 Å². The van der Waals surface area contributed by atoms with Gasteiger partial charge in [-0.25, -0.2) is 0 Å². The first-order valence-corrected chi connectivity index (χ1v) is 4.69. The van der Waals surface area contributed by atoms with Gasteiger partial charge in [0.1, 0.15) is 0 Å². The Morgan fingerprint density at radius 2 is 2.18 bits per heavy atom. The lowest BCUT2D eigenvalue weighted by Gasteiger charge is -2.08. The summed E-state index contributed by atoms with van der Waals surface area (Å²) in [5.74, 6) is -0.0196.